The Morgan fingerprint density at radius 3 is 2.33 bits per heavy atom. The molecule has 1 aromatic rings. The van der Waals surface area contributed by atoms with E-state index in [1.165, 1.54) is 30.4 Å². The van der Waals surface area contributed by atoms with Gasteiger partial charge in [0.05, 0.1) is 7.11 Å². The normalized spacial score (nSPS) is 18.3. The molecule has 0 saturated heterocycles. The van der Waals surface area contributed by atoms with Crippen LogP contribution in [0.1, 0.15) is 51.2 Å². The van der Waals surface area contributed by atoms with Crippen molar-refractivity contribution >= 4 is 0 Å². The van der Waals surface area contributed by atoms with Crippen LogP contribution in [-0.2, 0) is 10.8 Å². The molecule has 0 amide bonds. The number of benzene rings is 1. The first-order valence-corrected chi connectivity index (χ1v) is 6.83. The molecule has 100 valence electrons. The smallest absolute Gasteiger partial charge is 0.126 e. The molecule has 0 atom stereocenters. The summed E-state index contributed by atoms with van der Waals surface area (Å²) in [7, 11) is 1.77. The second-order valence-corrected chi connectivity index (χ2v) is 6.47. The Morgan fingerprint density at radius 2 is 1.94 bits per heavy atom. The molecule has 2 rings (SSSR count). The van der Waals surface area contributed by atoms with Crippen molar-refractivity contribution in [3.05, 3.63) is 29.3 Å². The van der Waals surface area contributed by atoms with E-state index in [-0.39, 0.29) is 10.8 Å². The molecule has 1 aliphatic carbocycles. The van der Waals surface area contributed by atoms with Gasteiger partial charge < -0.3 is 10.5 Å². The molecule has 2 nitrogen and oxygen atoms in total. The van der Waals surface area contributed by atoms with Crippen molar-refractivity contribution in [3.63, 3.8) is 0 Å². The molecule has 2 heteroatoms. The number of hydrogen-bond acceptors (Lipinski definition) is 2. The fraction of sp³-hybridized carbons (Fsp3) is 0.625. The second kappa shape index (κ2) is 4.58. The van der Waals surface area contributed by atoms with Gasteiger partial charge in [-0.25, -0.2) is 0 Å². The van der Waals surface area contributed by atoms with Gasteiger partial charge in [0, 0.05) is 17.5 Å². The molecule has 18 heavy (non-hydrogen) atoms. The van der Waals surface area contributed by atoms with Gasteiger partial charge in [-0.2, -0.15) is 0 Å². The Morgan fingerprint density at radius 1 is 1.28 bits per heavy atom. The highest BCUT2D eigenvalue weighted by molar-refractivity contribution is 5.49. The van der Waals surface area contributed by atoms with Crippen LogP contribution in [0.2, 0.25) is 0 Å². The Bertz CT molecular complexity index is 422. The SMILES string of the molecule is COc1c(C(C)(C)C)cccc1C1(CN)CCC1. The molecule has 2 N–H and O–H groups in total. The number of rotatable bonds is 3. The zero-order chi connectivity index (χ0) is 13.4. The van der Waals surface area contributed by atoms with Crippen LogP contribution in [-0.4, -0.2) is 13.7 Å². The summed E-state index contributed by atoms with van der Waals surface area (Å²) in [5, 5.41) is 0. The van der Waals surface area contributed by atoms with Crippen LogP contribution in [0.3, 0.4) is 0 Å². The number of methoxy groups -OCH3 is 1. The quantitative estimate of drug-likeness (QED) is 0.888. The topological polar surface area (TPSA) is 35.2 Å². The first kappa shape index (κ1) is 13.4. The predicted octanol–water partition coefficient (Wildman–Crippen LogP) is 3.37. The minimum Gasteiger partial charge on any atom is -0.496 e. The van der Waals surface area contributed by atoms with E-state index in [0.29, 0.717) is 0 Å². The Labute approximate surface area is 111 Å². The van der Waals surface area contributed by atoms with Crippen molar-refractivity contribution in [3.8, 4) is 5.75 Å². The van der Waals surface area contributed by atoms with Crippen LogP contribution in [0.4, 0.5) is 0 Å². The second-order valence-electron chi connectivity index (χ2n) is 6.47. The van der Waals surface area contributed by atoms with E-state index < -0.39 is 0 Å². The van der Waals surface area contributed by atoms with Gasteiger partial charge in [0.25, 0.3) is 0 Å². The van der Waals surface area contributed by atoms with Crippen molar-refractivity contribution < 1.29 is 4.74 Å². The van der Waals surface area contributed by atoms with E-state index in [0.717, 1.165) is 12.3 Å². The van der Waals surface area contributed by atoms with Crippen molar-refractivity contribution in [2.24, 2.45) is 5.73 Å². The molecule has 1 saturated carbocycles. The maximum absolute atomic E-state index is 6.03. The molecule has 1 aromatic carbocycles. The molecule has 0 bridgehead atoms. The van der Waals surface area contributed by atoms with Gasteiger partial charge in [-0.3, -0.25) is 0 Å². The standard InChI is InChI=1S/C16H25NO/c1-15(2,3)12-7-5-8-13(14(12)18-4)16(11-17)9-6-10-16/h5,7-8H,6,9-11,17H2,1-4H3. The molecule has 1 fully saturated rings. The monoisotopic (exact) mass is 247 g/mol. The van der Waals surface area contributed by atoms with E-state index in [1.54, 1.807) is 7.11 Å². The average Bonchev–Trinajstić information content (AvgIpc) is 2.27. The lowest BCUT2D eigenvalue weighted by Gasteiger charge is -2.43. The fourth-order valence-corrected chi connectivity index (χ4v) is 2.95. The average molecular weight is 247 g/mol. The largest absolute Gasteiger partial charge is 0.496 e. The minimum absolute atomic E-state index is 0.0981. The van der Waals surface area contributed by atoms with Gasteiger partial charge in [-0.15, -0.1) is 0 Å². The molecule has 1 aliphatic rings. The van der Waals surface area contributed by atoms with E-state index in [9.17, 15) is 0 Å². The van der Waals surface area contributed by atoms with Crippen LogP contribution >= 0.6 is 0 Å². The van der Waals surface area contributed by atoms with Crippen LogP contribution < -0.4 is 10.5 Å². The summed E-state index contributed by atoms with van der Waals surface area (Å²) < 4.78 is 5.73. The van der Waals surface area contributed by atoms with Crippen LogP contribution in [0.25, 0.3) is 0 Å². The summed E-state index contributed by atoms with van der Waals surface area (Å²) in [5.74, 6) is 1.05. The first-order chi connectivity index (χ1) is 8.44. The van der Waals surface area contributed by atoms with Crippen LogP contribution in [0.5, 0.6) is 5.75 Å². The van der Waals surface area contributed by atoms with Gasteiger partial charge in [-0.05, 0) is 23.8 Å². The summed E-state index contributed by atoms with van der Waals surface area (Å²) in [6.07, 6.45) is 3.65. The zero-order valence-corrected chi connectivity index (χ0v) is 12.0. The highest BCUT2D eigenvalue weighted by Crippen LogP contribution is 2.48. The van der Waals surface area contributed by atoms with Crippen LogP contribution in [0.15, 0.2) is 18.2 Å². The first-order valence-electron chi connectivity index (χ1n) is 6.83. The van der Waals surface area contributed by atoms with Crippen molar-refractivity contribution in [1.82, 2.24) is 0 Å². The number of nitrogens with two attached hydrogens (primary N) is 1. The van der Waals surface area contributed by atoms with Crippen molar-refractivity contribution in [2.45, 2.75) is 50.9 Å². The number of para-hydroxylation sites is 1. The van der Waals surface area contributed by atoms with Gasteiger partial charge >= 0.3 is 0 Å². The molecule has 0 spiro atoms. The highest BCUT2D eigenvalue weighted by atomic mass is 16.5. The van der Waals surface area contributed by atoms with Gasteiger partial charge in [-0.1, -0.05) is 45.4 Å². The molecule has 0 radical (unpaired) electrons. The maximum atomic E-state index is 6.03. The third-order valence-electron chi connectivity index (χ3n) is 4.30. The van der Waals surface area contributed by atoms with Gasteiger partial charge in [0.1, 0.15) is 5.75 Å². The summed E-state index contributed by atoms with van der Waals surface area (Å²) in [5.41, 5.74) is 8.88. The van der Waals surface area contributed by atoms with E-state index >= 15 is 0 Å². The Hall–Kier alpha value is -1.02. The van der Waals surface area contributed by atoms with Gasteiger partial charge in [0.2, 0.25) is 0 Å². The fourth-order valence-electron chi connectivity index (χ4n) is 2.95. The zero-order valence-electron chi connectivity index (χ0n) is 12.0. The lowest BCUT2D eigenvalue weighted by molar-refractivity contribution is 0.242. The third-order valence-corrected chi connectivity index (χ3v) is 4.30. The summed E-state index contributed by atoms with van der Waals surface area (Å²) in [6.45, 7) is 7.40. The number of ether oxygens (including phenoxy) is 1. The summed E-state index contributed by atoms with van der Waals surface area (Å²) >= 11 is 0. The maximum Gasteiger partial charge on any atom is 0.126 e. The highest BCUT2D eigenvalue weighted by Gasteiger charge is 2.40. The lowest BCUT2D eigenvalue weighted by atomic mass is 9.63. The molecule has 0 unspecified atom stereocenters. The summed E-state index contributed by atoms with van der Waals surface area (Å²) in [4.78, 5) is 0. The Balaban J connectivity index is 2.55. The van der Waals surface area contributed by atoms with Crippen LogP contribution in [0, 0.1) is 0 Å². The van der Waals surface area contributed by atoms with Gasteiger partial charge in [0.15, 0.2) is 0 Å². The molecular formula is C16H25NO. The van der Waals surface area contributed by atoms with Crippen molar-refractivity contribution in [1.29, 1.82) is 0 Å². The molecule has 0 aromatic heterocycles. The van der Waals surface area contributed by atoms with E-state index in [2.05, 4.69) is 39.0 Å². The molecule has 0 heterocycles. The molecular weight excluding hydrogens is 222 g/mol. The van der Waals surface area contributed by atoms with E-state index in [1.807, 2.05) is 0 Å². The lowest BCUT2D eigenvalue weighted by Crippen LogP contribution is -2.42. The Kier molecular flexibility index (Phi) is 3.41. The minimum atomic E-state index is 0.0981. The number of hydrogen-bond donors (Lipinski definition) is 1. The van der Waals surface area contributed by atoms with E-state index in [4.69, 9.17) is 10.5 Å². The third kappa shape index (κ3) is 2.03. The predicted molar refractivity (Wildman–Crippen MR) is 76.3 cm³/mol. The van der Waals surface area contributed by atoms with Crippen molar-refractivity contribution in [2.75, 3.05) is 13.7 Å². The summed E-state index contributed by atoms with van der Waals surface area (Å²) in [6, 6.07) is 6.51. The molecule has 0 aliphatic heterocycles.